The van der Waals surface area contributed by atoms with Gasteiger partial charge in [-0.1, -0.05) is 12.8 Å². The van der Waals surface area contributed by atoms with Crippen molar-refractivity contribution in [2.24, 2.45) is 5.41 Å². The summed E-state index contributed by atoms with van der Waals surface area (Å²) in [4.78, 5) is 0. The lowest BCUT2D eigenvalue weighted by Crippen LogP contribution is -2.32. The Hall–Kier alpha value is -0.950. The Morgan fingerprint density at radius 3 is 2.68 bits per heavy atom. The number of nitrogens with zero attached hydrogens (tertiary/aromatic N) is 4. The smallest absolute Gasteiger partial charge is 0.213 e. The van der Waals surface area contributed by atoms with Crippen LogP contribution in [0.2, 0.25) is 0 Å². The number of hydrogen-bond acceptors (Lipinski definition) is 4. The van der Waals surface area contributed by atoms with Crippen LogP contribution >= 0.6 is 0 Å². The van der Waals surface area contributed by atoms with Crippen LogP contribution in [0.5, 0.6) is 0 Å². The average Bonchev–Trinajstić information content (AvgIpc) is 2.94. The van der Waals surface area contributed by atoms with Crippen LogP contribution in [-0.2, 0) is 10.0 Å². The monoisotopic (exact) mass is 324 g/mol. The Labute approximate surface area is 132 Å². The minimum absolute atomic E-state index is 0.0852. The van der Waals surface area contributed by atoms with Crippen LogP contribution in [0.15, 0.2) is 6.33 Å². The van der Waals surface area contributed by atoms with Crippen molar-refractivity contribution in [1.29, 1.82) is 0 Å². The van der Waals surface area contributed by atoms with E-state index in [4.69, 9.17) is 0 Å². The molecular weight excluding hydrogens is 300 g/mol. The van der Waals surface area contributed by atoms with E-state index in [1.165, 1.54) is 25.7 Å². The molecule has 1 aliphatic heterocycles. The van der Waals surface area contributed by atoms with Crippen molar-refractivity contribution in [2.75, 3.05) is 18.8 Å². The van der Waals surface area contributed by atoms with Crippen molar-refractivity contribution in [3.8, 4) is 0 Å². The molecule has 1 saturated heterocycles. The highest BCUT2D eigenvalue weighted by Gasteiger charge is 2.53. The molecule has 0 amide bonds. The fourth-order valence-corrected chi connectivity index (χ4v) is 5.59. The van der Waals surface area contributed by atoms with Crippen molar-refractivity contribution < 1.29 is 8.42 Å². The van der Waals surface area contributed by atoms with E-state index in [1.807, 2.05) is 6.33 Å². The summed E-state index contributed by atoms with van der Waals surface area (Å²) in [6.07, 6.45) is 8.87. The predicted octanol–water partition coefficient (Wildman–Crippen LogP) is 1.92. The first kappa shape index (κ1) is 14.6. The molecule has 2 aliphatic carbocycles. The Balaban J connectivity index is 1.71. The number of sulfonamides is 1. The highest BCUT2D eigenvalue weighted by atomic mass is 32.2. The fraction of sp³-hybridized carbons (Fsp3) is 0.867. The fourth-order valence-electron chi connectivity index (χ4n) is 4.39. The van der Waals surface area contributed by atoms with Crippen LogP contribution in [-0.4, -0.2) is 46.3 Å². The highest BCUT2D eigenvalue weighted by molar-refractivity contribution is 7.89. The molecule has 1 aromatic heterocycles. The summed E-state index contributed by atoms with van der Waals surface area (Å²) in [5.41, 5.74) is 0.0852. The molecule has 0 radical (unpaired) electrons. The Morgan fingerprint density at radius 2 is 2.05 bits per heavy atom. The van der Waals surface area contributed by atoms with Gasteiger partial charge in [-0.25, -0.2) is 12.7 Å². The minimum atomic E-state index is -3.13. The molecule has 1 spiro atoms. The quantitative estimate of drug-likeness (QED) is 0.848. The zero-order valence-corrected chi connectivity index (χ0v) is 13.9. The summed E-state index contributed by atoms with van der Waals surface area (Å²) in [6, 6.07) is 0.542. The van der Waals surface area contributed by atoms with E-state index in [9.17, 15) is 8.42 Å². The number of hydrogen-bond donors (Lipinski definition) is 0. The molecule has 1 unspecified atom stereocenters. The van der Waals surface area contributed by atoms with Crippen molar-refractivity contribution >= 4 is 10.0 Å². The van der Waals surface area contributed by atoms with E-state index >= 15 is 0 Å². The second-order valence-corrected chi connectivity index (χ2v) is 9.40. The molecule has 122 valence electrons. The van der Waals surface area contributed by atoms with Gasteiger partial charge in [-0.2, -0.15) is 0 Å². The molecule has 3 fully saturated rings. The maximum Gasteiger partial charge on any atom is 0.213 e. The SMILES string of the molecule is CCS(=O)(=O)N1CC(c2nncn2C2CC2)C2(CCCC2)C1. The van der Waals surface area contributed by atoms with Gasteiger partial charge in [-0.15, -0.1) is 10.2 Å². The topological polar surface area (TPSA) is 68.1 Å². The summed E-state index contributed by atoms with van der Waals surface area (Å²) < 4.78 is 28.7. The lowest BCUT2D eigenvalue weighted by atomic mass is 9.76. The molecule has 22 heavy (non-hydrogen) atoms. The number of rotatable bonds is 4. The standard InChI is InChI=1S/C15H24N4O2S/c1-2-22(20,21)18-9-13(15(10-18)7-3-4-8-15)14-17-16-11-19(14)12-5-6-12/h11-13H,2-10H2,1H3. The minimum Gasteiger partial charge on any atom is -0.314 e. The molecule has 6 nitrogen and oxygen atoms in total. The van der Waals surface area contributed by atoms with E-state index in [1.54, 1.807) is 11.2 Å². The largest absolute Gasteiger partial charge is 0.314 e. The second-order valence-electron chi connectivity index (χ2n) is 7.14. The second kappa shape index (κ2) is 5.03. The average molecular weight is 324 g/mol. The molecule has 1 aromatic rings. The van der Waals surface area contributed by atoms with Gasteiger partial charge in [0, 0.05) is 25.0 Å². The molecule has 3 aliphatic rings. The summed E-state index contributed by atoms with van der Waals surface area (Å²) in [6.45, 7) is 2.99. The van der Waals surface area contributed by atoms with Crippen LogP contribution < -0.4 is 0 Å². The predicted molar refractivity (Wildman–Crippen MR) is 83.0 cm³/mol. The van der Waals surface area contributed by atoms with E-state index in [0.29, 0.717) is 19.1 Å². The van der Waals surface area contributed by atoms with E-state index in [-0.39, 0.29) is 17.1 Å². The van der Waals surface area contributed by atoms with E-state index in [2.05, 4.69) is 14.8 Å². The zero-order chi connectivity index (χ0) is 15.4. The Kier molecular flexibility index (Phi) is 3.34. The first-order chi connectivity index (χ1) is 10.6. The summed E-state index contributed by atoms with van der Waals surface area (Å²) in [5, 5.41) is 8.55. The van der Waals surface area contributed by atoms with Crippen LogP contribution in [0.3, 0.4) is 0 Å². The third-order valence-corrected chi connectivity index (χ3v) is 7.62. The van der Waals surface area contributed by atoms with Gasteiger partial charge < -0.3 is 4.57 Å². The van der Waals surface area contributed by atoms with Crippen molar-refractivity contribution in [3.63, 3.8) is 0 Å². The summed E-state index contributed by atoms with van der Waals surface area (Å²) in [5.74, 6) is 1.42. The Bertz CT molecular complexity index is 659. The third kappa shape index (κ3) is 2.21. The maximum atomic E-state index is 12.4. The lowest BCUT2D eigenvalue weighted by molar-refractivity contribution is 0.272. The van der Waals surface area contributed by atoms with Crippen molar-refractivity contribution in [2.45, 2.75) is 57.4 Å². The third-order valence-electron chi connectivity index (χ3n) is 5.83. The Morgan fingerprint density at radius 1 is 1.32 bits per heavy atom. The van der Waals surface area contributed by atoms with Crippen LogP contribution in [0.25, 0.3) is 0 Å². The van der Waals surface area contributed by atoms with Gasteiger partial charge in [0.1, 0.15) is 12.2 Å². The van der Waals surface area contributed by atoms with Gasteiger partial charge in [0.05, 0.1) is 5.75 Å². The molecule has 1 atom stereocenters. The van der Waals surface area contributed by atoms with Gasteiger partial charge in [0.15, 0.2) is 0 Å². The van der Waals surface area contributed by atoms with Crippen LogP contribution in [0, 0.1) is 5.41 Å². The maximum absolute atomic E-state index is 12.4. The van der Waals surface area contributed by atoms with Crippen LogP contribution in [0.4, 0.5) is 0 Å². The van der Waals surface area contributed by atoms with Gasteiger partial charge in [-0.3, -0.25) is 0 Å². The first-order valence-electron chi connectivity index (χ1n) is 8.43. The van der Waals surface area contributed by atoms with Gasteiger partial charge in [0.2, 0.25) is 10.0 Å². The normalized spacial score (nSPS) is 28.7. The summed E-state index contributed by atoms with van der Waals surface area (Å²) in [7, 11) is -3.13. The molecule has 2 heterocycles. The first-order valence-corrected chi connectivity index (χ1v) is 10.0. The van der Waals surface area contributed by atoms with Gasteiger partial charge in [0.25, 0.3) is 0 Å². The van der Waals surface area contributed by atoms with E-state index in [0.717, 1.165) is 18.7 Å². The molecule has 0 aromatic carbocycles. The highest BCUT2D eigenvalue weighted by Crippen LogP contribution is 2.54. The molecule has 4 rings (SSSR count). The molecule has 0 N–H and O–H groups in total. The molecule has 0 bridgehead atoms. The molecule has 7 heteroatoms. The van der Waals surface area contributed by atoms with Gasteiger partial charge >= 0.3 is 0 Å². The van der Waals surface area contributed by atoms with Crippen molar-refractivity contribution in [3.05, 3.63) is 12.2 Å². The summed E-state index contributed by atoms with van der Waals surface area (Å²) >= 11 is 0. The lowest BCUT2D eigenvalue weighted by Gasteiger charge is -2.29. The molecular formula is C15H24N4O2S. The van der Waals surface area contributed by atoms with Crippen LogP contribution in [0.1, 0.15) is 63.2 Å². The molecule has 2 saturated carbocycles. The zero-order valence-electron chi connectivity index (χ0n) is 13.1. The van der Waals surface area contributed by atoms with Crippen molar-refractivity contribution in [1.82, 2.24) is 19.1 Å². The van der Waals surface area contributed by atoms with E-state index < -0.39 is 10.0 Å². The van der Waals surface area contributed by atoms with Gasteiger partial charge in [-0.05, 0) is 38.0 Å². The number of aromatic nitrogens is 3.